The smallest absolute Gasteiger partial charge is 0.310 e. The molecule has 0 spiro atoms. The van der Waals surface area contributed by atoms with Crippen LogP contribution in [-0.2, 0) is 4.79 Å². The lowest BCUT2D eigenvalue weighted by Crippen LogP contribution is -2.31. The molecule has 0 heterocycles. The van der Waals surface area contributed by atoms with Crippen LogP contribution in [0.3, 0.4) is 0 Å². The lowest BCUT2D eigenvalue weighted by atomic mass is 9.94. The molecule has 0 unspecified atom stereocenters. The summed E-state index contributed by atoms with van der Waals surface area (Å²) in [5.41, 5.74) is -1.26. The molecule has 0 aliphatic carbocycles. The molecule has 1 rings (SSSR count). The van der Waals surface area contributed by atoms with Crippen molar-refractivity contribution in [1.29, 1.82) is 0 Å². The highest BCUT2D eigenvalue weighted by Crippen LogP contribution is 2.22. The highest BCUT2D eigenvalue weighted by atomic mass is 19.1. The standard InChI is InChI=1S/C11H13FN2O4/c1-11(2,10(15)16)6-13-8-3-7(12)4-9(5-8)14(17)18/h3-5,13H,6H2,1-2H3,(H,15,16). The van der Waals surface area contributed by atoms with Crippen LogP contribution in [-0.4, -0.2) is 22.5 Å². The number of benzene rings is 1. The van der Waals surface area contributed by atoms with Crippen LogP contribution >= 0.6 is 0 Å². The number of nitro benzene ring substituents is 1. The molecule has 98 valence electrons. The van der Waals surface area contributed by atoms with Crippen molar-refractivity contribution >= 4 is 17.3 Å². The number of carboxylic acids is 1. The second-order valence-electron chi connectivity index (χ2n) is 4.50. The second kappa shape index (κ2) is 4.99. The number of aliphatic carboxylic acids is 1. The molecule has 0 fully saturated rings. The summed E-state index contributed by atoms with van der Waals surface area (Å²) in [5, 5.41) is 22.1. The first-order chi connectivity index (χ1) is 8.22. The van der Waals surface area contributed by atoms with Crippen LogP contribution in [0, 0.1) is 21.3 Å². The van der Waals surface area contributed by atoms with Crippen molar-refractivity contribution in [1.82, 2.24) is 0 Å². The van der Waals surface area contributed by atoms with Crippen LogP contribution in [0.15, 0.2) is 18.2 Å². The summed E-state index contributed by atoms with van der Waals surface area (Å²) in [5.74, 6) is -1.76. The Kier molecular flexibility index (Phi) is 3.85. The van der Waals surface area contributed by atoms with Gasteiger partial charge in [-0.1, -0.05) is 0 Å². The second-order valence-corrected chi connectivity index (χ2v) is 4.50. The minimum atomic E-state index is -1.05. The lowest BCUT2D eigenvalue weighted by Gasteiger charge is -2.20. The molecule has 0 amide bonds. The zero-order valence-corrected chi connectivity index (χ0v) is 9.94. The van der Waals surface area contributed by atoms with E-state index in [4.69, 9.17) is 5.11 Å². The van der Waals surface area contributed by atoms with Crippen molar-refractivity contribution < 1.29 is 19.2 Å². The summed E-state index contributed by atoms with van der Waals surface area (Å²) in [6.07, 6.45) is 0. The fourth-order valence-corrected chi connectivity index (χ4v) is 1.18. The number of nitrogens with one attached hydrogen (secondary N) is 1. The minimum absolute atomic E-state index is 0.0307. The molecule has 0 aromatic heterocycles. The van der Waals surface area contributed by atoms with Gasteiger partial charge in [-0.25, -0.2) is 4.39 Å². The number of rotatable bonds is 5. The van der Waals surface area contributed by atoms with Crippen molar-refractivity contribution in [3.05, 3.63) is 34.1 Å². The van der Waals surface area contributed by atoms with E-state index in [9.17, 15) is 19.3 Å². The monoisotopic (exact) mass is 256 g/mol. The molecule has 2 N–H and O–H groups in total. The van der Waals surface area contributed by atoms with E-state index in [2.05, 4.69) is 5.32 Å². The number of nitro groups is 1. The van der Waals surface area contributed by atoms with Crippen molar-refractivity contribution in [2.75, 3.05) is 11.9 Å². The van der Waals surface area contributed by atoms with Crippen molar-refractivity contribution in [2.24, 2.45) is 5.41 Å². The number of hydrogen-bond donors (Lipinski definition) is 2. The van der Waals surface area contributed by atoms with Gasteiger partial charge in [-0.3, -0.25) is 14.9 Å². The Balaban J connectivity index is 2.86. The number of hydrogen-bond acceptors (Lipinski definition) is 4. The summed E-state index contributed by atoms with van der Waals surface area (Å²) >= 11 is 0. The van der Waals surface area contributed by atoms with E-state index >= 15 is 0 Å². The van der Waals surface area contributed by atoms with E-state index in [1.54, 1.807) is 0 Å². The number of carboxylic acid groups (broad SMARTS) is 1. The predicted octanol–water partition coefficient (Wildman–Crippen LogP) is 2.26. The van der Waals surface area contributed by atoms with E-state index in [-0.39, 0.29) is 17.9 Å². The number of anilines is 1. The SMILES string of the molecule is CC(C)(CNc1cc(F)cc([N+](=O)[O-])c1)C(=O)O. The Labute approximate surface area is 103 Å². The normalized spacial score (nSPS) is 11.1. The van der Waals surface area contributed by atoms with Crippen molar-refractivity contribution in [3.63, 3.8) is 0 Å². The summed E-state index contributed by atoms with van der Waals surface area (Å²) in [7, 11) is 0. The molecule has 0 atom stereocenters. The van der Waals surface area contributed by atoms with Crippen LogP contribution in [0.4, 0.5) is 15.8 Å². The van der Waals surface area contributed by atoms with Crippen LogP contribution in [0.5, 0.6) is 0 Å². The molecular formula is C11H13FN2O4. The van der Waals surface area contributed by atoms with Gasteiger partial charge in [-0.15, -0.1) is 0 Å². The van der Waals surface area contributed by atoms with Gasteiger partial charge in [0, 0.05) is 18.3 Å². The highest BCUT2D eigenvalue weighted by molar-refractivity contribution is 5.74. The number of non-ortho nitro benzene ring substituents is 1. The average molecular weight is 256 g/mol. The molecule has 0 saturated carbocycles. The lowest BCUT2D eigenvalue weighted by molar-refractivity contribution is -0.385. The van der Waals surface area contributed by atoms with Gasteiger partial charge < -0.3 is 10.4 Å². The van der Waals surface area contributed by atoms with Crippen LogP contribution < -0.4 is 5.32 Å². The van der Waals surface area contributed by atoms with Gasteiger partial charge in [0.05, 0.1) is 16.4 Å². The number of carbonyl (C=O) groups is 1. The third-order valence-corrected chi connectivity index (χ3v) is 2.41. The Morgan fingerprint density at radius 1 is 1.50 bits per heavy atom. The topological polar surface area (TPSA) is 92.5 Å². The molecule has 0 saturated heterocycles. The van der Waals surface area contributed by atoms with E-state index < -0.39 is 22.1 Å². The number of halogens is 1. The van der Waals surface area contributed by atoms with Gasteiger partial charge >= 0.3 is 5.97 Å². The van der Waals surface area contributed by atoms with E-state index in [1.807, 2.05) is 0 Å². The maximum atomic E-state index is 13.1. The Morgan fingerprint density at radius 2 is 2.11 bits per heavy atom. The zero-order chi connectivity index (χ0) is 13.9. The van der Waals surface area contributed by atoms with Crippen LogP contribution in [0.2, 0.25) is 0 Å². The first-order valence-corrected chi connectivity index (χ1v) is 5.14. The minimum Gasteiger partial charge on any atom is -0.481 e. The van der Waals surface area contributed by atoms with Gasteiger partial charge in [0.2, 0.25) is 0 Å². The Bertz CT molecular complexity index is 488. The van der Waals surface area contributed by atoms with Crippen molar-refractivity contribution in [3.8, 4) is 0 Å². The fourth-order valence-electron chi connectivity index (χ4n) is 1.18. The molecule has 1 aromatic rings. The molecule has 0 aliphatic rings. The zero-order valence-electron chi connectivity index (χ0n) is 9.94. The fraction of sp³-hybridized carbons (Fsp3) is 0.364. The first-order valence-electron chi connectivity index (χ1n) is 5.14. The third-order valence-electron chi connectivity index (χ3n) is 2.41. The molecule has 0 bridgehead atoms. The Hall–Kier alpha value is -2.18. The number of nitrogens with zero attached hydrogens (tertiary/aromatic N) is 1. The molecule has 0 radical (unpaired) electrons. The highest BCUT2D eigenvalue weighted by Gasteiger charge is 2.26. The molecule has 1 aromatic carbocycles. The molecule has 6 nitrogen and oxygen atoms in total. The van der Waals surface area contributed by atoms with Crippen LogP contribution in [0.25, 0.3) is 0 Å². The first kappa shape index (κ1) is 13.9. The largest absolute Gasteiger partial charge is 0.481 e. The predicted molar refractivity (Wildman–Crippen MR) is 63.0 cm³/mol. The Morgan fingerprint density at radius 3 is 2.61 bits per heavy atom. The van der Waals surface area contributed by atoms with E-state index in [0.29, 0.717) is 0 Å². The molecule has 18 heavy (non-hydrogen) atoms. The van der Waals surface area contributed by atoms with Crippen molar-refractivity contribution in [2.45, 2.75) is 13.8 Å². The maximum absolute atomic E-state index is 13.1. The van der Waals surface area contributed by atoms with E-state index in [0.717, 1.165) is 18.2 Å². The molecular weight excluding hydrogens is 243 g/mol. The van der Waals surface area contributed by atoms with Gasteiger partial charge in [0.1, 0.15) is 5.82 Å². The summed E-state index contributed by atoms with van der Waals surface area (Å²) in [4.78, 5) is 20.7. The quantitative estimate of drug-likeness (QED) is 0.622. The summed E-state index contributed by atoms with van der Waals surface area (Å²) in [6, 6.07) is 3.03. The van der Waals surface area contributed by atoms with Gasteiger partial charge in [-0.05, 0) is 19.9 Å². The van der Waals surface area contributed by atoms with E-state index in [1.165, 1.54) is 13.8 Å². The summed E-state index contributed by atoms with van der Waals surface area (Å²) < 4.78 is 13.1. The maximum Gasteiger partial charge on any atom is 0.310 e. The van der Waals surface area contributed by atoms with Gasteiger partial charge in [-0.2, -0.15) is 0 Å². The van der Waals surface area contributed by atoms with Gasteiger partial charge in [0.15, 0.2) is 0 Å². The third kappa shape index (κ3) is 3.41. The molecule has 7 heteroatoms. The molecule has 0 aliphatic heterocycles. The van der Waals surface area contributed by atoms with Gasteiger partial charge in [0.25, 0.3) is 5.69 Å². The van der Waals surface area contributed by atoms with Crippen LogP contribution in [0.1, 0.15) is 13.8 Å². The summed E-state index contributed by atoms with van der Waals surface area (Å²) in [6.45, 7) is 3.02. The average Bonchev–Trinajstić information content (AvgIpc) is 2.25.